The minimum Gasteiger partial charge on any atom is -0.466 e. The van der Waals surface area contributed by atoms with Crippen molar-refractivity contribution in [2.24, 2.45) is 0 Å². The largest absolute Gasteiger partial charge is 0.466 e. The van der Waals surface area contributed by atoms with Crippen molar-refractivity contribution in [1.29, 1.82) is 0 Å². The SMILES string of the molecule is CCOC(=O)CCCCCC(=O)N1CCc2c(n(Cc3ccccc3)c3ccccc23)C1. The Balaban J connectivity index is 1.42. The molecule has 0 bridgehead atoms. The molecule has 3 aromatic rings. The minimum atomic E-state index is -0.145. The van der Waals surface area contributed by atoms with Crippen LogP contribution < -0.4 is 0 Å². The van der Waals surface area contributed by atoms with E-state index in [4.69, 9.17) is 4.74 Å². The molecule has 0 unspecified atom stereocenters. The van der Waals surface area contributed by atoms with E-state index in [1.807, 2.05) is 17.9 Å². The zero-order chi connectivity index (χ0) is 22.3. The monoisotopic (exact) mass is 432 g/mol. The third-order valence-corrected chi connectivity index (χ3v) is 6.28. The molecule has 0 atom stereocenters. The van der Waals surface area contributed by atoms with Crippen molar-refractivity contribution in [3.8, 4) is 0 Å². The molecule has 4 rings (SSSR count). The summed E-state index contributed by atoms with van der Waals surface area (Å²) in [5, 5.41) is 1.31. The van der Waals surface area contributed by atoms with Crippen molar-refractivity contribution in [3.05, 3.63) is 71.4 Å². The van der Waals surface area contributed by atoms with Crippen LogP contribution in [0.4, 0.5) is 0 Å². The Morgan fingerprint density at radius 1 is 0.938 bits per heavy atom. The number of hydrogen-bond acceptors (Lipinski definition) is 3. The summed E-state index contributed by atoms with van der Waals surface area (Å²) in [6, 6.07) is 19.1. The molecule has 0 aliphatic carbocycles. The molecule has 2 heterocycles. The van der Waals surface area contributed by atoms with Crippen molar-refractivity contribution in [1.82, 2.24) is 9.47 Å². The van der Waals surface area contributed by atoms with Gasteiger partial charge in [-0.25, -0.2) is 0 Å². The predicted octanol–water partition coefficient (Wildman–Crippen LogP) is 5.09. The van der Waals surface area contributed by atoms with Crippen LogP contribution in [0.25, 0.3) is 10.9 Å². The van der Waals surface area contributed by atoms with Gasteiger partial charge in [0.25, 0.3) is 0 Å². The average molecular weight is 433 g/mol. The highest BCUT2D eigenvalue weighted by atomic mass is 16.5. The topological polar surface area (TPSA) is 51.5 Å². The van der Waals surface area contributed by atoms with E-state index in [0.717, 1.165) is 38.8 Å². The van der Waals surface area contributed by atoms with Gasteiger partial charge in [-0.05, 0) is 43.4 Å². The molecule has 0 saturated heterocycles. The Hall–Kier alpha value is -3.08. The normalized spacial score (nSPS) is 13.2. The Bertz CT molecular complexity index is 1070. The van der Waals surface area contributed by atoms with Gasteiger partial charge < -0.3 is 14.2 Å². The maximum absolute atomic E-state index is 12.9. The summed E-state index contributed by atoms with van der Waals surface area (Å²) in [6.45, 7) is 4.49. The van der Waals surface area contributed by atoms with E-state index < -0.39 is 0 Å². The molecule has 5 heteroatoms. The van der Waals surface area contributed by atoms with Crippen molar-refractivity contribution < 1.29 is 14.3 Å². The van der Waals surface area contributed by atoms with Crippen LogP contribution in [0.1, 0.15) is 55.8 Å². The quantitative estimate of drug-likeness (QED) is 0.350. The number of aromatic nitrogens is 1. The first-order valence-corrected chi connectivity index (χ1v) is 11.7. The second-order valence-electron chi connectivity index (χ2n) is 8.45. The number of rotatable bonds is 9. The number of para-hydroxylation sites is 1. The standard InChI is InChI=1S/C27H32N2O3/c1-2-32-27(31)16-8-4-7-15-26(30)28-18-17-23-22-13-9-10-14-24(22)29(25(23)20-28)19-21-11-5-3-6-12-21/h3,5-6,9-14H,2,4,7-8,15-20H2,1H3. The fraction of sp³-hybridized carbons (Fsp3) is 0.407. The molecule has 0 N–H and O–H groups in total. The highest BCUT2D eigenvalue weighted by Gasteiger charge is 2.26. The number of amides is 1. The Morgan fingerprint density at radius 2 is 1.69 bits per heavy atom. The predicted molar refractivity (Wildman–Crippen MR) is 126 cm³/mol. The van der Waals surface area contributed by atoms with E-state index in [1.54, 1.807) is 0 Å². The zero-order valence-electron chi connectivity index (χ0n) is 18.9. The Labute approximate surface area is 190 Å². The maximum atomic E-state index is 12.9. The first-order valence-electron chi connectivity index (χ1n) is 11.7. The maximum Gasteiger partial charge on any atom is 0.305 e. The van der Waals surface area contributed by atoms with Gasteiger partial charge in [0.2, 0.25) is 5.91 Å². The lowest BCUT2D eigenvalue weighted by Crippen LogP contribution is -2.36. The number of carbonyl (C=O) groups is 2. The molecule has 0 spiro atoms. The number of esters is 1. The summed E-state index contributed by atoms with van der Waals surface area (Å²) in [4.78, 5) is 26.4. The highest BCUT2D eigenvalue weighted by Crippen LogP contribution is 2.32. The molecule has 1 aromatic heterocycles. The van der Waals surface area contributed by atoms with Crippen LogP contribution in [0.2, 0.25) is 0 Å². The molecule has 32 heavy (non-hydrogen) atoms. The van der Waals surface area contributed by atoms with Crippen molar-refractivity contribution in [3.63, 3.8) is 0 Å². The van der Waals surface area contributed by atoms with Gasteiger partial charge >= 0.3 is 5.97 Å². The number of benzene rings is 2. The molecule has 0 radical (unpaired) electrons. The third kappa shape index (κ3) is 5.04. The van der Waals surface area contributed by atoms with Crippen molar-refractivity contribution in [2.75, 3.05) is 13.2 Å². The lowest BCUT2D eigenvalue weighted by molar-refractivity contribution is -0.143. The summed E-state index contributed by atoms with van der Waals surface area (Å²) in [7, 11) is 0. The summed E-state index contributed by atoms with van der Waals surface area (Å²) >= 11 is 0. The molecule has 0 fully saturated rings. The number of unbranched alkanes of at least 4 members (excludes halogenated alkanes) is 2. The van der Waals surface area contributed by atoms with Crippen LogP contribution in [0.5, 0.6) is 0 Å². The van der Waals surface area contributed by atoms with Gasteiger partial charge in [-0.2, -0.15) is 0 Å². The molecule has 1 aliphatic heterocycles. The smallest absolute Gasteiger partial charge is 0.305 e. The van der Waals surface area contributed by atoms with Gasteiger partial charge in [-0.3, -0.25) is 9.59 Å². The fourth-order valence-electron chi connectivity index (χ4n) is 4.67. The Kier molecular flexibility index (Phi) is 7.25. The number of hydrogen-bond donors (Lipinski definition) is 0. The van der Waals surface area contributed by atoms with E-state index in [0.29, 0.717) is 26.0 Å². The molecule has 168 valence electrons. The molecule has 5 nitrogen and oxygen atoms in total. The number of carbonyl (C=O) groups excluding carboxylic acids is 2. The van der Waals surface area contributed by atoms with Crippen molar-refractivity contribution >= 4 is 22.8 Å². The van der Waals surface area contributed by atoms with Crippen LogP contribution in [-0.4, -0.2) is 34.5 Å². The van der Waals surface area contributed by atoms with Crippen molar-refractivity contribution in [2.45, 2.75) is 58.5 Å². The van der Waals surface area contributed by atoms with E-state index in [-0.39, 0.29) is 11.9 Å². The second-order valence-corrected chi connectivity index (χ2v) is 8.45. The zero-order valence-corrected chi connectivity index (χ0v) is 18.9. The van der Waals surface area contributed by atoms with E-state index in [9.17, 15) is 9.59 Å². The average Bonchev–Trinajstić information content (AvgIpc) is 3.12. The van der Waals surface area contributed by atoms with Gasteiger partial charge in [0.05, 0.1) is 13.2 Å². The summed E-state index contributed by atoms with van der Waals surface area (Å²) < 4.78 is 7.35. The Morgan fingerprint density at radius 3 is 2.50 bits per heavy atom. The van der Waals surface area contributed by atoms with E-state index in [2.05, 4.69) is 53.1 Å². The van der Waals surface area contributed by atoms with E-state index in [1.165, 1.54) is 27.7 Å². The van der Waals surface area contributed by atoms with Crippen LogP contribution in [0, 0.1) is 0 Å². The van der Waals surface area contributed by atoms with Crippen LogP contribution >= 0.6 is 0 Å². The van der Waals surface area contributed by atoms with E-state index >= 15 is 0 Å². The number of nitrogens with zero attached hydrogens (tertiary/aromatic N) is 2. The van der Waals surface area contributed by atoms with Crippen LogP contribution in [-0.2, 0) is 33.8 Å². The van der Waals surface area contributed by atoms with Gasteiger partial charge in [0.1, 0.15) is 0 Å². The summed E-state index contributed by atoms with van der Waals surface area (Å²) in [5.41, 5.74) is 5.16. The van der Waals surface area contributed by atoms with Gasteiger partial charge in [-0.15, -0.1) is 0 Å². The fourth-order valence-corrected chi connectivity index (χ4v) is 4.67. The lowest BCUT2D eigenvalue weighted by atomic mass is 10.0. The number of fused-ring (bicyclic) bond motifs is 3. The van der Waals surface area contributed by atoms with Gasteiger partial charge in [-0.1, -0.05) is 55.0 Å². The number of ether oxygens (including phenoxy) is 1. The molecular weight excluding hydrogens is 400 g/mol. The molecule has 0 saturated carbocycles. The second kappa shape index (κ2) is 10.5. The summed E-state index contributed by atoms with van der Waals surface area (Å²) in [6.07, 6.45) is 4.34. The molecule has 2 aromatic carbocycles. The molecule has 1 aliphatic rings. The van der Waals surface area contributed by atoms with Gasteiger partial charge in [0.15, 0.2) is 0 Å². The highest BCUT2D eigenvalue weighted by molar-refractivity contribution is 5.86. The molecular formula is C27H32N2O3. The summed E-state index contributed by atoms with van der Waals surface area (Å²) in [5.74, 6) is 0.0666. The molecule has 1 amide bonds. The lowest BCUT2D eigenvalue weighted by Gasteiger charge is -2.29. The first-order chi connectivity index (χ1) is 15.7. The first kappa shape index (κ1) is 22.1. The van der Waals surface area contributed by atoms with Gasteiger partial charge in [0, 0.05) is 42.5 Å². The van der Waals surface area contributed by atoms with Crippen LogP contribution in [0.3, 0.4) is 0 Å². The minimum absolute atomic E-state index is 0.145. The van der Waals surface area contributed by atoms with Crippen LogP contribution in [0.15, 0.2) is 54.6 Å². The third-order valence-electron chi connectivity index (χ3n) is 6.28.